The van der Waals surface area contributed by atoms with E-state index < -0.39 is 0 Å². The Kier molecular flexibility index (Phi) is 5.12. The van der Waals surface area contributed by atoms with Crippen LogP contribution in [0.15, 0.2) is 24.4 Å². The van der Waals surface area contributed by atoms with Gasteiger partial charge in [-0.05, 0) is 25.0 Å². The molecule has 0 aromatic carbocycles. The molecule has 0 unspecified atom stereocenters. The summed E-state index contributed by atoms with van der Waals surface area (Å²) in [6.45, 7) is 6.74. The van der Waals surface area contributed by atoms with E-state index in [0.29, 0.717) is 5.88 Å². The number of aromatic nitrogens is 3. The minimum atomic E-state index is 0.644. The van der Waals surface area contributed by atoms with Gasteiger partial charge < -0.3 is 10.1 Å². The summed E-state index contributed by atoms with van der Waals surface area (Å²) >= 11 is 0. The fourth-order valence-electron chi connectivity index (χ4n) is 2.07. The lowest BCUT2D eigenvalue weighted by atomic mass is 10.2. The van der Waals surface area contributed by atoms with Gasteiger partial charge in [-0.3, -0.25) is 4.68 Å². The zero-order valence-electron chi connectivity index (χ0n) is 12.4. The monoisotopic (exact) mass is 274 g/mol. The summed E-state index contributed by atoms with van der Waals surface area (Å²) in [5.74, 6) is 0.644. The molecule has 0 saturated carbocycles. The Bertz CT molecular complexity index is 533. The Hall–Kier alpha value is -1.88. The van der Waals surface area contributed by atoms with Crippen molar-refractivity contribution in [2.45, 2.75) is 39.9 Å². The van der Waals surface area contributed by atoms with Gasteiger partial charge in [0.2, 0.25) is 5.88 Å². The molecule has 2 heterocycles. The summed E-state index contributed by atoms with van der Waals surface area (Å²) in [6, 6.07) is 6.07. The van der Waals surface area contributed by atoms with Gasteiger partial charge in [0.1, 0.15) is 0 Å². The number of nitrogens with zero attached hydrogens (tertiary/aromatic N) is 3. The molecule has 0 aliphatic heterocycles. The molecule has 2 rings (SSSR count). The van der Waals surface area contributed by atoms with E-state index in [2.05, 4.69) is 40.0 Å². The molecule has 0 aliphatic rings. The highest BCUT2D eigenvalue weighted by Gasteiger charge is 2.05. The van der Waals surface area contributed by atoms with E-state index in [1.54, 1.807) is 7.11 Å². The summed E-state index contributed by atoms with van der Waals surface area (Å²) in [6.07, 6.45) is 2.81. The van der Waals surface area contributed by atoms with Crippen LogP contribution in [0.1, 0.15) is 30.8 Å². The highest BCUT2D eigenvalue weighted by atomic mass is 16.5. The van der Waals surface area contributed by atoms with Crippen LogP contribution in [0, 0.1) is 0 Å². The third kappa shape index (κ3) is 3.57. The molecule has 5 heteroatoms. The molecule has 0 radical (unpaired) electrons. The maximum absolute atomic E-state index is 5.05. The van der Waals surface area contributed by atoms with Gasteiger partial charge in [0.25, 0.3) is 0 Å². The van der Waals surface area contributed by atoms with Gasteiger partial charge in [-0.15, -0.1) is 0 Å². The molecule has 0 spiro atoms. The summed E-state index contributed by atoms with van der Waals surface area (Å²) < 4.78 is 7.10. The van der Waals surface area contributed by atoms with Crippen molar-refractivity contribution < 1.29 is 4.74 Å². The van der Waals surface area contributed by atoms with Crippen LogP contribution in [-0.2, 0) is 26.1 Å². The number of ether oxygens (including phenoxy) is 1. The third-order valence-corrected chi connectivity index (χ3v) is 3.22. The molecule has 0 aliphatic carbocycles. The minimum Gasteiger partial charge on any atom is -0.481 e. The van der Waals surface area contributed by atoms with Crippen LogP contribution in [0.25, 0.3) is 0 Å². The second-order valence-electron chi connectivity index (χ2n) is 4.61. The Morgan fingerprint density at radius 3 is 2.70 bits per heavy atom. The van der Waals surface area contributed by atoms with E-state index in [0.717, 1.165) is 37.3 Å². The number of aryl methyl sites for hydroxylation is 2. The first-order valence-electron chi connectivity index (χ1n) is 7.02. The van der Waals surface area contributed by atoms with Gasteiger partial charge in [-0.25, -0.2) is 4.98 Å². The zero-order valence-corrected chi connectivity index (χ0v) is 12.4. The number of hydrogen-bond donors (Lipinski definition) is 1. The van der Waals surface area contributed by atoms with Crippen LogP contribution in [-0.4, -0.2) is 21.9 Å². The van der Waals surface area contributed by atoms with E-state index in [4.69, 9.17) is 4.74 Å². The fraction of sp³-hybridized carbons (Fsp3) is 0.467. The molecule has 0 amide bonds. The molecular weight excluding hydrogens is 252 g/mol. The summed E-state index contributed by atoms with van der Waals surface area (Å²) in [4.78, 5) is 4.19. The van der Waals surface area contributed by atoms with Crippen LogP contribution in [0.5, 0.6) is 5.88 Å². The van der Waals surface area contributed by atoms with Gasteiger partial charge in [0.05, 0.1) is 18.5 Å². The number of nitrogens with one attached hydrogen (secondary N) is 1. The predicted molar refractivity (Wildman–Crippen MR) is 78.6 cm³/mol. The largest absolute Gasteiger partial charge is 0.481 e. The van der Waals surface area contributed by atoms with Crippen LogP contribution in [0.4, 0.5) is 0 Å². The van der Waals surface area contributed by atoms with Gasteiger partial charge >= 0.3 is 0 Å². The first-order chi connectivity index (χ1) is 9.76. The molecule has 0 bridgehead atoms. The average Bonchev–Trinajstić information content (AvgIpc) is 2.90. The Morgan fingerprint density at radius 1 is 1.25 bits per heavy atom. The molecule has 20 heavy (non-hydrogen) atoms. The van der Waals surface area contributed by atoms with Crippen molar-refractivity contribution in [2.24, 2.45) is 0 Å². The Morgan fingerprint density at radius 2 is 2.10 bits per heavy atom. The molecule has 0 atom stereocenters. The maximum atomic E-state index is 5.05. The zero-order chi connectivity index (χ0) is 14.4. The Labute approximate surface area is 120 Å². The van der Waals surface area contributed by atoms with Crippen LogP contribution in [0.2, 0.25) is 0 Å². The molecule has 1 N–H and O–H groups in total. The normalized spacial score (nSPS) is 10.8. The fourth-order valence-corrected chi connectivity index (χ4v) is 2.07. The Balaban J connectivity index is 1.90. The second-order valence-corrected chi connectivity index (χ2v) is 4.61. The lowest BCUT2D eigenvalue weighted by Gasteiger charge is -2.07. The van der Waals surface area contributed by atoms with E-state index in [1.807, 2.05) is 18.3 Å². The molecule has 108 valence electrons. The van der Waals surface area contributed by atoms with Crippen molar-refractivity contribution in [1.29, 1.82) is 0 Å². The average molecular weight is 274 g/mol. The number of rotatable bonds is 7. The topological polar surface area (TPSA) is 52.0 Å². The van der Waals surface area contributed by atoms with Gasteiger partial charge in [-0.2, -0.15) is 5.10 Å². The van der Waals surface area contributed by atoms with Crippen molar-refractivity contribution in [2.75, 3.05) is 7.11 Å². The van der Waals surface area contributed by atoms with Crippen LogP contribution in [0.3, 0.4) is 0 Å². The molecule has 2 aromatic heterocycles. The number of pyridine rings is 1. The van der Waals surface area contributed by atoms with E-state index in [-0.39, 0.29) is 0 Å². The van der Waals surface area contributed by atoms with Gasteiger partial charge in [-0.1, -0.05) is 13.0 Å². The van der Waals surface area contributed by atoms with Crippen molar-refractivity contribution in [3.8, 4) is 5.88 Å². The lowest BCUT2D eigenvalue weighted by molar-refractivity contribution is 0.397. The molecule has 0 fully saturated rings. The SMILES string of the molecule is CCc1cc(CNCc2ccc(OC)nc2)n(CC)n1. The lowest BCUT2D eigenvalue weighted by Crippen LogP contribution is -2.16. The van der Waals surface area contributed by atoms with Crippen molar-refractivity contribution in [3.63, 3.8) is 0 Å². The number of methoxy groups -OCH3 is 1. The van der Waals surface area contributed by atoms with Crippen molar-refractivity contribution >= 4 is 0 Å². The molecular formula is C15H22N4O. The van der Waals surface area contributed by atoms with Gasteiger partial charge in [0.15, 0.2) is 0 Å². The molecule has 0 saturated heterocycles. The van der Waals surface area contributed by atoms with Gasteiger partial charge in [0, 0.05) is 31.9 Å². The highest BCUT2D eigenvalue weighted by molar-refractivity contribution is 5.17. The summed E-state index contributed by atoms with van der Waals surface area (Å²) in [5.41, 5.74) is 3.52. The second kappa shape index (κ2) is 7.05. The van der Waals surface area contributed by atoms with Crippen molar-refractivity contribution in [3.05, 3.63) is 41.3 Å². The van der Waals surface area contributed by atoms with Crippen LogP contribution < -0.4 is 10.1 Å². The van der Waals surface area contributed by atoms with E-state index >= 15 is 0 Å². The minimum absolute atomic E-state index is 0.644. The van der Waals surface area contributed by atoms with Crippen molar-refractivity contribution in [1.82, 2.24) is 20.1 Å². The predicted octanol–water partition coefficient (Wildman–Crippen LogP) is 2.16. The quantitative estimate of drug-likeness (QED) is 0.840. The molecule has 5 nitrogen and oxygen atoms in total. The van der Waals surface area contributed by atoms with E-state index in [1.165, 1.54) is 5.69 Å². The first kappa shape index (κ1) is 14.5. The smallest absolute Gasteiger partial charge is 0.212 e. The first-order valence-corrected chi connectivity index (χ1v) is 7.02. The summed E-state index contributed by atoms with van der Waals surface area (Å²) in [7, 11) is 1.62. The van der Waals surface area contributed by atoms with Crippen LogP contribution >= 0.6 is 0 Å². The highest BCUT2D eigenvalue weighted by Crippen LogP contribution is 2.08. The molecule has 2 aromatic rings. The third-order valence-electron chi connectivity index (χ3n) is 3.22. The summed E-state index contributed by atoms with van der Waals surface area (Å²) in [5, 5.41) is 7.97. The number of hydrogen-bond acceptors (Lipinski definition) is 4. The standard InChI is InChI=1S/C15H22N4O/c1-4-13-8-14(19(5-2)18-13)11-16-9-12-6-7-15(20-3)17-10-12/h6-8,10,16H,4-5,9,11H2,1-3H3. The van der Waals surface area contributed by atoms with E-state index in [9.17, 15) is 0 Å². The maximum Gasteiger partial charge on any atom is 0.212 e.